The molecular formula is C23H31N3O. The molecule has 5 rings (SSSR count). The Hall–Kier alpha value is -1.81. The van der Waals surface area contributed by atoms with Gasteiger partial charge in [0.05, 0.1) is 12.5 Å². The first-order chi connectivity index (χ1) is 13.3. The quantitative estimate of drug-likeness (QED) is 0.894. The van der Waals surface area contributed by atoms with E-state index in [0.29, 0.717) is 30.3 Å². The molecule has 2 saturated heterocycles. The number of aromatic amines is 1. The number of hydrogen-bond acceptors (Lipinski definition) is 2. The zero-order valence-electron chi connectivity index (χ0n) is 16.2. The smallest absolute Gasteiger partial charge is 0.227 e. The average molecular weight is 366 g/mol. The highest BCUT2D eigenvalue weighted by atomic mass is 16.2. The van der Waals surface area contributed by atoms with Crippen LogP contribution < -0.4 is 0 Å². The van der Waals surface area contributed by atoms with E-state index in [4.69, 9.17) is 0 Å². The number of piperidine rings is 1. The number of H-pyrrole nitrogens is 1. The molecule has 1 aliphatic carbocycles. The number of likely N-dealkylation sites (tertiary alicyclic amines) is 2. The first-order valence-corrected chi connectivity index (χ1v) is 10.9. The molecule has 3 fully saturated rings. The first kappa shape index (κ1) is 17.3. The molecule has 1 saturated carbocycles. The number of rotatable bonds is 3. The van der Waals surface area contributed by atoms with Gasteiger partial charge in [0.1, 0.15) is 0 Å². The number of nitrogens with one attached hydrogen (secondary N) is 1. The number of nitrogens with zero attached hydrogens (tertiary/aromatic N) is 2. The summed E-state index contributed by atoms with van der Waals surface area (Å²) < 4.78 is 0. The Kier molecular flexibility index (Phi) is 4.68. The predicted molar refractivity (Wildman–Crippen MR) is 109 cm³/mol. The number of hydrogen-bond donors (Lipinski definition) is 1. The van der Waals surface area contributed by atoms with E-state index in [1.54, 1.807) is 0 Å². The Bertz CT molecular complexity index is 805. The van der Waals surface area contributed by atoms with Crippen LogP contribution in [-0.2, 0) is 11.2 Å². The zero-order valence-corrected chi connectivity index (χ0v) is 16.2. The molecule has 27 heavy (non-hydrogen) atoms. The molecule has 0 spiro atoms. The number of amides is 1. The number of fused-ring (bicyclic) bond motifs is 2. The van der Waals surface area contributed by atoms with Gasteiger partial charge in [0, 0.05) is 29.7 Å². The van der Waals surface area contributed by atoms with Gasteiger partial charge in [-0.2, -0.15) is 0 Å². The van der Waals surface area contributed by atoms with Crippen LogP contribution in [0.15, 0.2) is 30.5 Å². The Balaban J connectivity index is 1.39. The molecule has 2 aliphatic heterocycles. The minimum absolute atomic E-state index is 0.334. The summed E-state index contributed by atoms with van der Waals surface area (Å²) in [5, 5.41) is 1.19. The third kappa shape index (κ3) is 3.18. The molecule has 1 aromatic heterocycles. The summed E-state index contributed by atoms with van der Waals surface area (Å²) in [7, 11) is 0. The molecule has 1 N–H and O–H groups in total. The second-order valence-electron chi connectivity index (χ2n) is 8.76. The number of carbonyl (C=O) groups is 1. The van der Waals surface area contributed by atoms with Gasteiger partial charge in [0.2, 0.25) is 5.91 Å². The van der Waals surface area contributed by atoms with Crippen molar-refractivity contribution in [3.63, 3.8) is 0 Å². The van der Waals surface area contributed by atoms with Crippen molar-refractivity contribution in [2.75, 3.05) is 19.6 Å². The van der Waals surface area contributed by atoms with Gasteiger partial charge < -0.3 is 9.88 Å². The van der Waals surface area contributed by atoms with Crippen molar-refractivity contribution in [3.8, 4) is 0 Å². The van der Waals surface area contributed by atoms with E-state index >= 15 is 0 Å². The summed E-state index contributed by atoms with van der Waals surface area (Å²) in [4.78, 5) is 21.7. The van der Waals surface area contributed by atoms with E-state index in [2.05, 4.69) is 33.0 Å². The summed E-state index contributed by atoms with van der Waals surface area (Å²) in [6, 6.07) is 9.36. The molecule has 4 heteroatoms. The van der Waals surface area contributed by atoms with Gasteiger partial charge in [-0.1, -0.05) is 24.6 Å². The van der Waals surface area contributed by atoms with Crippen molar-refractivity contribution >= 4 is 16.8 Å². The average Bonchev–Trinajstić information content (AvgIpc) is 3.38. The molecule has 3 atom stereocenters. The number of carbonyl (C=O) groups excluding carboxylic acids is 1. The van der Waals surface area contributed by atoms with E-state index in [-0.39, 0.29) is 0 Å². The topological polar surface area (TPSA) is 39.3 Å². The van der Waals surface area contributed by atoms with Crippen LogP contribution in [-0.4, -0.2) is 52.4 Å². The van der Waals surface area contributed by atoms with Crippen molar-refractivity contribution < 1.29 is 4.79 Å². The van der Waals surface area contributed by atoms with Crippen LogP contribution in [0.4, 0.5) is 0 Å². The van der Waals surface area contributed by atoms with Crippen molar-refractivity contribution in [2.24, 2.45) is 5.92 Å². The maximum Gasteiger partial charge on any atom is 0.227 e. The van der Waals surface area contributed by atoms with Crippen molar-refractivity contribution in [3.05, 3.63) is 36.0 Å². The second-order valence-corrected chi connectivity index (χ2v) is 8.76. The Labute approximate surface area is 161 Å². The molecule has 1 amide bonds. The SMILES string of the molecule is O=C(Cc1c[nH]c2ccccc12)N1CCCC2CCCC(N3CCCC3)C21. The summed E-state index contributed by atoms with van der Waals surface area (Å²) >= 11 is 0. The molecule has 1 aromatic carbocycles. The third-order valence-corrected chi connectivity index (χ3v) is 7.23. The van der Waals surface area contributed by atoms with Crippen LogP contribution >= 0.6 is 0 Å². The summed E-state index contributed by atoms with van der Waals surface area (Å²) in [5.41, 5.74) is 2.27. The van der Waals surface area contributed by atoms with E-state index in [9.17, 15) is 4.79 Å². The van der Waals surface area contributed by atoms with Gasteiger partial charge in [-0.15, -0.1) is 0 Å². The van der Waals surface area contributed by atoms with E-state index in [1.165, 1.54) is 63.4 Å². The van der Waals surface area contributed by atoms with Gasteiger partial charge in [-0.3, -0.25) is 9.69 Å². The predicted octanol–water partition coefficient (Wildman–Crippen LogP) is 3.97. The molecular weight excluding hydrogens is 334 g/mol. The lowest BCUT2D eigenvalue weighted by Gasteiger charge is -2.51. The summed E-state index contributed by atoms with van der Waals surface area (Å²) in [6.07, 6.45) is 11.6. The lowest BCUT2D eigenvalue weighted by Crippen LogP contribution is -2.60. The van der Waals surface area contributed by atoms with Gasteiger partial charge in [0.15, 0.2) is 0 Å². The standard InChI is InChI=1S/C23H31N3O/c27-22(15-18-16-24-20-10-2-1-9-19(18)20)26-14-6-8-17-7-5-11-21(23(17)26)25-12-3-4-13-25/h1-2,9-10,16-17,21,23-24H,3-8,11-15H2. The summed E-state index contributed by atoms with van der Waals surface area (Å²) in [5.74, 6) is 1.05. The minimum atomic E-state index is 0.334. The fourth-order valence-electron chi connectivity index (χ4n) is 6.00. The highest BCUT2D eigenvalue weighted by Gasteiger charge is 2.44. The number of para-hydroxylation sites is 1. The zero-order chi connectivity index (χ0) is 18.2. The fourth-order valence-corrected chi connectivity index (χ4v) is 6.00. The molecule has 3 heterocycles. The first-order valence-electron chi connectivity index (χ1n) is 10.9. The van der Waals surface area contributed by atoms with E-state index < -0.39 is 0 Å². The van der Waals surface area contributed by atoms with Crippen molar-refractivity contribution in [2.45, 2.75) is 63.5 Å². The normalized spacial score (nSPS) is 29.2. The molecule has 0 radical (unpaired) electrons. The van der Waals surface area contributed by atoms with Gasteiger partial charge in [-0.05, 0) is 69.2 Å². The van der Waals surface area contributed by atoms with Crippen molar-refractivity contribution in [1.82, 2.24) is 14.8 Å². The highest BCUT2D eigenvalue weighted by Crippen LogP contribution is 2.39. The summed E-state index contributed by atoms with van der Waals surface area (Å²) in [6.45, 7) is 3.42. The largest absolute Gasteiger partial charge is 0.361 e. The molecule has 0 bridgehead atoms. The van der Waals surface area contributed by atoms with Crippen LogP contribution in [0.1, 0.15) is 50.5 Å². The van der Waals surface area contributed by atoms with Gasteiger partial charge in [-0.25, -0.2) is 0 Å². The van der Waals surface area contributed by atoms with Crippen LogP contribution in [0, 0.1) is 5.92 Å². The van der Waals surface area contributed by atoms with Crippen LogP contribution in [0.5, 0.6) is 0 Å². The molecule has 4 nitrogen and oxygen atoms in total. The molecule has 144 valence electrons. The number of benzene rings is 1. The molecule has 3 aliphatic rings. The van der Waals surface area contributed by atoms with Crippen LogP contribution in [0.2, 0.25) is 0 Å². The minimum Gasteiger partial charge on any atom is -0.361 e. The third-order valence-electron chi connectivity index (χ3n) is 7.23. The Morgan fingerprint density at radius 2 is 1.81 bits per heavy atom. The Morgan fingerprint density at radius 1 is 1.00 bits per heavy atom. The molecule has 2 aromatic rings. The van der Waals surface area contributed by atoms with Gasteiger partial charge >= 0.3 is 0 Å². The van der Waals surface area contributed by atoms with Crippen LogP contribution in [0.3, 0.4) is 0 Å². The maximum atomic E-state index is 13.4. The monoisotopic (exact) mass is 365 g/mol. The number of aromatic nitrogens is 1. The Morgan fingerprint density at radius 3 is 2.70 bits per heavy atom. The lowest BCUT2D eigenvalue weighted by atomic mass is 9.74. The van der Waals surface area contributed by atoms with Crippen LogP contribution in [0.25, 0.3) is 10.9 Å². The molecule has 3 unspecified atom stereocenters. The van der Waals surface area contributed by atoms with Crippen molar-refractivity contribution in [1.29, 1.82) is 0 Å². The van der Waals surface area contributed by atoms with E-state index in [1.807, 2.05) is 12.3 Å². The fraction of sp³-hybridized carbons (Fsp3) is 0.609. The second kappa shape index (κ2) is 7.31. The highest BCUT2D eigenvalue weighted by molar-refractivity contribution is 5.89. The van der Waals surface area contributed by atoms with Gasteiger partial charge in [0.25, 0.3) is 0 Å². The lowest BCUT2D eigenvalue weighted by molar-refractivity contribution is -0.139. The van der Waals surface area contributed by atoms with E-state index in [0.717, 1.165) is 17.6 Å². The maximum absolute atomic E-state index is 13.4.